The van der Waals surface area contributed by atoms with E-state index >= 15 is 0 Å². The number of fused-ring (bicyclic) bond motifs is 1. The van der Waals surface area contributed by atoms with E-state index in [2.05, 4.69) is 4.98 Å². The maximum Gasteiger partial charge on any atom is 0.228 e. The van der Waals surface area contributed by atoms with Crippen LogP contribution in [-0.4, -0.2) is 47.9 Å². The van der Waals surface area contributed by atoms with Gasteiger partial charge in [-0.3, -0.25) is 9.59 Å². The van der Waals surface area contributed by atoms with Gasteiger partial charge in [-0.1, -0.05) is 0 Å². The first-order chi connectivity index (χ1) is 17.0. The van der Waals surface area contributed by atoms with Gasteiger partial charge in [-0.2, -0.15) is 0 Å². The van der Waals surface area contributed by atoms with Crippen LogP contribution in [0.2, 0.25) is 0 Å². The summed E-state index contributed by atoms with van der Waals surface area (Å²) >= 11 is 1.43. The second-order valence-corrected chi connectivity index (χ2v) is 9.47. The molecule has 0 aliphatic carbocycles. The highest BCUT2D eigenvalue weighted by Gasteiger charge is 2.29. The molecule has 3 heterocycles. The molecule has 3 aromatic rings. The van der Waals surface area contributed by atoms with Gasteiger partial charge in [0.15, 0.2) is 17.3 Å². The third kappa shape index (κ3) is 5.62. The highest BCUT2D eigenvalue weighted by molar-refractivity contribution is 7.09. The fourth-order valence-electron chi connectivity index (χ4n) is 4.26. The summed E-state index contributed by atoms with van der Waals surface area (Å²) in [4.78, 5) is 32.1. The molecule has 2 aromatic carbocycles. The Bertz CT molecular complexity index is 1200. The summed E-state index contributed by atoms with van der Waals surface area (Å²) in [5, 5.41) is 2.61. The molecule has 2 aliphatic heterocycles. The number of halogens is 1. The van der Waals surface area contributed by atoms with Gasteiger partial charge in [-0.25, -0.2) is 9.37 Å². The second kappa shape index (κ2) is 10.4. The smallest absolute Gasteiger partial charge is 0.228 e. The standard InChI is InChI=1S/C26H25FN2O5S/c27-19-2-4-21(5-3-19)34-15-24-28-20(16-35-24)14-25(30)29-9-7-17(8-10-29)26(31)18-1-6-22-23(13-18)33-12-11-32-22/h1-6,13,16-17H,7-12,14-15H2. The minimum Gasteiger partial charge on any atom is -0.486 e. The van der Waals surface area contributed by atoms with E-state index in [4.69, 9.17) is 14.2 Å². The number of aromatic nitrogens is 1. The number of hydrogen-bond donors (Lipinski definition) is 0. The number of ketones is 1. The summed E-state index contributed by atoms with van der Waals surface area (Å²) in [6, 6.07) is 11.1. The van der Waals surface area contributed by atoms with Crippen LogP contribution in [0, 0.1) is 11.7 Å². The van der Waals surface area contributed by atoms with Crippen molar-refractivity contribution in [3.05, 3.63) is 69.9 Å². The molecule has 1 saturated heterocycles. The van der Waals surface area contributed by atoms with Gasteiger partial charge in [0.1, 0.15) is 36.4 Å². The molecule has 1 aromatic heterocycles. The number of ether oxygens (including phenoxy) is 3. The molecule has 1 fully saturated rings. The average Bonchev–Trinajstić information content (AvgIpc) is 3.35. The van der Waals surface area contributed by atoms with E-state index in [-0.39, 0.29) is 36.5 Å². The molecule has 2 aliphatic rings. The van der Waals surface area contributed by atoms with Crippen LogP contribution < -0.4 is 14.2 Å². The first-order valence-electron chi connectivity index (χ1n) is 11.6. The van der Waals surface area contributed by atoms with Crippen LogP contribution in [0.3, 0.4) is 0 Å². The molecule has 7 nitrogen and oxygen atoms in total. The zero-order chi connectivity index (χ0) is 24.2. The third-order valence-corrected chi connectivity index (χ3v) is 7.02. The number of nitrogens with zero attached hydrogens (tertiary/aromatic N) is 2. The maximum atomic E-state index is 13.0. The van der Waals surface area contributed by atoms with Crippen molar-refractivity contribution in [1.29, 1.82) is 0 Å². The number of piperidine rings is 1. The Hall–Kier alpha value is -3.46. The zero-order valence-electron chi connectivity index (χ0n) is 19.1. The van der Waals surface area contributed by atoms with Crippen LogP contribution in [-0.2, 0) is 17.8 Å². The van der Waals surface area contributed by atoms with Gasteiger partial charge in [-0.15, -0.1) is 11.3 Å². The predicted molar refractivity (Wildman–Crippen MR) is 128 cm³/mol. The van der Waals surface area contributed by atoms with Gasteiger partial charge in [-0.05, 0) is 55.3 Å². The average molecular weight is 497 g/mol. The van der Waals surface area contributed by atoms with Crippen molar-refractivity contribution in [3.63, 3.8) is 0 Å². The summed E-state index contributed by atoms with van der Waals surface area (Å²) in [6.07, 6.45) is 1.48. The van der Waals surface area contributed by atoms with Gasteiger partial charge >= 0.3 is 0 Å². The Morgan fingerprint density at radius 3 is 2.57 bits per heavy atom. The summed E-state index contributed by atoms with van der Waals surface area (Å²) < 4.78 is 29.7. The van der Waals surface area contributed by atoms with Gasteiger partial charge in [0.05, 0.1) is 12.1 Å². The normalized spacial score (nSPS) is 15.6. The molecule has 0 bridgehead atoms. The topological polar surface area (TPSA) is 78.0 Å². The Balaban J connectivity index is 1.10. The molecular formula is C26H25FN2O5S. The fourth-order valence-corrected chi connectivity index (χ4v) is 4.97. The summed E-state index contributed by atoms with van der Waals surface area (Å²) in [5.41, 5.74) is 1.32. The molecule has 0 spiro atoms. The highest BCUT2D eigenvalue weighted by Crippen LogP contribution is 2.32. The number of carbonyl (C=O) groups is 2. The van der Waals surface area contributed by atoms with Crippen molar-refractivity contribution in [2.75, 3.05) is 26.3 Å². The fraction of sp³-hybridized carbons (Fsp3) is 0.346. The lowest BCUT2D eigenvalue weighted by Gasteiger charge is -2.31. The van der Waals surface area contributed by atoms with Gasteiger partial charge in [0.25, 0.3) is 0 Å². The number of amides is 1. The number of thiazole rings is 1. The SMILES string of the molecule is O=C(c1ccc2c(c1)OCCO2)C1CCN(C(=O)Cc2csc(COc3ccc(F)cc3)n2)CC1. The number of rotatable bonds is 7. The van der Waals surface area contributed by atoms with Crippen LogP contribution in [0.25, 0.3) is 0 Å². The second-order valence-electron chi connectivity index (χ2n) is 8.53. The van der Waals surface area contributed by atoms with Crippen LogP contribution in [0.4, 0.5) is 4.39 Å². The lowest BCUT2D eigenvalue weighted by atomic mass is 9.88. The van der Waals surface area contributed by atoms with Crippen molar-refractivity contribution in [3.8, 4) is 17.2 Å². The third-order valence-electron chi connectivity index (χ3n) is 6.15. The Morgan fingerprint density at radius 2 is 1.80 bits per heavy atom. The van der Waals surface area contributed by atoms with Crippen LogP contribution in [0.15, 0.2) is 47.8 Å². The van der Waals surface area contributed by atoms with Crippen LogP contribution in [0.5, 0.6) is 17.2 Å². The summed E-state index contributed by atoms with van der Waals surface area (Å²) in [7, 11) is 0. The maximum absolute atomic E-state index is 13.0. The van der Waals surface area contributed by atoms with Crippen molar-refractivity contribution in [1.82, 2.24) is 9.88 Å². The number of Topliss-reactive ketones (excluding diaryl/α,β-unsaturated/α-hetero) is 1. The zero-order valence-corrected chi connectivity index (χ0v) is 19.9. The molecular weight excluding hydrogens is 471 g/mol. The molecule has 182 valence electrons. The van der Waals surface area contributed by atoms with Crippen molar-refractivity contribution in [2.45, 2.75) is 25.9 Å². The van der Waals surface area contributed by atoms with Crippen molar-refractivity contribution in [2.24, 2.45) is 5.92 Å². The first-order valence-corrected chi connectivity index (χ1v) is 12.5. The van der Waals surface area contributed by atoms with Crippen LogP contribution in [0.1, 0.15) is 33.9 Å². The lowest BCUT2D eigenvalue weighted by Crippen LogP contribution is -2.41. The van der Waals surface area contributed by atoms with Gasteiger partial charge < -0.3 is 19.1 Å². The Labute approximate surface area is 206 Å². The number of likely N-dealkylation sites (tertiary alicyclic amines) is 1. The molecule has 9 heteroatoms. The number of hydrogen-bond acceptors (Lipinski definition) is 7. The molecule has 0 unspecified atom stereocenters. The monoisotopic (exact) mass is 496 g/mol. The Kier molecular flexibility index (Phi) is 6.94. The largest absolute Gasteiger partial charge is 0.486 e. The van der Waals surface area contributed by atoms with Crippen molar-refractivity contribution >= 4 is 23.0 Å². The minimum atomic E-state index is -0.316. The number of carbonyl (C=O) groups excluding carboxylic acids is 2. The number of benzene rings is 2. The van der Waals surface area contributed by atoms with Gasteiger partial charge in [0.2, 0.25) is 5.91 Å². The van der Waals surface area contributed by atoms with E-state index in [1.807, 2.05) is 10.3 Å². The van der Waals surface area contributed by atoms with Crippen LogP contribution >= 0.6 is 11.3 Å². The summed E-state index contributed by atoms with van der Waals surface area (Å²) in [6.45, 7) is 2.35. The highest BCUT2D eigenvalue weighted by atomic mass is 32.1. The van der Waals surface area contributed by atoms with Crippen molar-refractivity contribution < 1.29 is 28.2 Å². The molecule has 5 rings (SSSR count). The minimum absolute atomic E-state index is 0.00605. The van der Waals surface area contributed by atoms with E-state index in [9.17, 15) is 14.0 Å². The molecule has 0 atom stereocenters. The van der Waals surface area contributed by atoms with Gasteiger partial charge in [0, 0.05) is 30.0 Å². The van der Waals surface area contributed by atoms with E-state index in [1.54, 1.807) is 30.3 Å². The first kappa shape index (κ1) is 23.3. The molecule has 35 heavy (non-hydrogen) atoms. The molecule has 1 amide bonds. The van der Waals surface area contributed by atoms with E-state index < -0.39 is 0 Å². The molecule has 0 saturated carbocycles. The summed E-state index contributed by atoms with van der Waals surface area (Å²) in [5.74, 6) is 1.50. The predicted octanol–water partition coefficient (Wildman–Crippen LogP) is 4.30. The quantitative estimate of drug-likeness (QED) is 0.454. The van der Waals surface area contributed by atoms with E-state index in [0.29, 0.717) is 67.7 Å². The molecule has 0 N–H and O–H groups in total. The van der Waals surface area contributed by atoms with E-state index in [1.165, 1.54) is 23.5 Å². The Morgan fingerprint density at radius 1 is 1.06 bits per heavy atom. The lowest BCUT2D eigenvalue weighted by molar-refractivity contribution is -0.131. The van der Waals surface area contributed by atoms with E-state index in [0.717, 1.165) is 5.01 Å². The molecule has 0 radical (unpaired) electrons.